The maximum Gasteiger partial charge on any atom is 0.257 e. The number of hydrogen-bond donors (Lipinski definition) is 1. The molecule has 1 heterocycles. The van der Waals surface area contributed by atoms with Gasteiger partial charge in [-0.3, -0.25) is 10.1 Å². The van der Waals surface area contributed by atoms with E-state index in [0.29, 0.717) is 15.7 Å². The van der Waals surface area contributed by atoms with Crippen LogP contribution in [0.3, 0.4) is 0 Å². The lowest BCUT2D eigenvalue weighted by atomic mass is 10.0. The summed E-state index contributed by atoms with van der Waals surface area (Å²) in [6, 6.07) is 6.85. The van der Waals surface area contributed by atoms with Crippen LogP contribution in [-0.4, -0.2) is 10.9 Å². The zero-order valence-electron chi connectivity index (χ0n) is 10.7. The van der Waals surface area contributed by atoms with Crippen LogP contribution in [0.15, 0.2) is 24.3 Å². The van der Waals surface area contributed by atoms with Gasteiger partial charge in [0, 0.05) is 15.5 Å². The Hall–Kier alpha value is -1.10. The van der Waals surface area contributed by atoms with Crippen LogP contribution in [0.25, 0.3) is 0 Å². The first-order valence-electron chi connectivity index (χ1n) is 6.28. The Balaban J connectivity index is 0.00000147. The normalized spacial score (nSPS) is 13.2. The van der Waals surface area contributed by atoms with Gasteiger partial charge in [0.1, 0.15) is 0 Å². The molecule has 0 unspecified atom stereocenters. The summed E-state index contributed by atoms with van der Waals surface area (Å²) in [6.45, 7) is 0. The van der Waals surface area contributed by atoms with Crippen molar-refractivity contribution in [2.45, 2.75) is 25.7 Å². The number of halogens is 2. The molecule has 1 aromatic heterocycles. The number of amides is 1. The van der Waals surface area contributed by atoms with Gasteiger partial charge in [0.15, 0.2) is 5.13 Å². The molecule has 1 aliphatic rings. The number of carbonyl (C=O) groups is 1. The molecule has 3 nitrogen and oxygen atoms in total. The van der Waals surface area contributed by atoms with Crippen molar-refractivity contribution in [3.8, 4) is 0 Å². The molecule has 6 heteroatoms. The molecule has 1 N–H and O–H groups in total. The van der Waals surface area contributed by atoms with Gasteiger partial charge in [-0.15, -0.1) is 23.7 Å². The Morgan fingerprint density at radius 3 is 2.60 bits per heavy atom. The summed E-state index contributed by atoms with van der Waals surface area (Å²) in [7, 11) is 0. The van der Waals surface area contributed by atoms with Crippen LogP contribution in [0.2, 0.25) is 5.02 Å². The fraction of sp³-hybridized carbons (Fsp3) is 0.286. The van der Waals surface area contributed by atoms with Crippen molar-refractivity contribution >= 4 is 46.4 Å². The van der Waals surface area contributed by atoms with Crippen LogP contribution in [0.4, 0.5) is 5.13 Å². The van der Waals surface area contributed by atoms with E-state index in [-0.39, 0.29) is 18.3 Å². The zero-order chi connectivity index (χ0) is 13.2. The smallest absolute Gasteiger partial charge is 0.257 e. The number of hydrogen-bond acceptors (Lipinski definition) is 3. The van der Waals surface area contributed by atoms with Gasteiger partial charge in [-0.1, -0.05) is 11.6 Å². The monoisotopic (exact) mass is 328 g/mol. The lowest BCUT2D eigenvalue weighted by Gasteiger charge is -2.06. The molecule has 0 aliphatic heterocycles. The van der Waals surface area contributed by atoms with E-state index >= 15 is 0 Å². The summed E-state index contributed by atoms with van der Waals surface area (Å²) in [5, 5.41) is 4.19. The van der Waals surface area contributed by atoms with Gasteiger partial charge in [0.25, 0.3) is 5.91 Å². The van der Waals surface area contributed by atoms with Crippen molar-refractivity contribution in [1.82, 2.24) is 4.98 Å². The third kappa shape index (κ3) is 3.32. The average Bonchev–Trinajstić information content (AvgIpc) is 2.81. The van der Waals surface area contributed by atoms with Crippen LogP contribution >= 0.6 is 35.3 Å². The zero-order valence-corrected chi connectivity index (χ0v) is 13.1. The molecule has 0 saturated heterocycles. The standard InChI is InChI=1S/C14H13ClN2OS.ClH/c15-10-7-5-9(6-8-10)13(18)17-14-16-11-3-1-2-4-12(11)19-14;/h5-8H,1-4H2,(H,16,17,18);1H. The highest BCUT2D eigenvalue weighted by Gasteiger charge is 2.16. The van der Waals surface area contributed by atoms with Crippen LogP contribution < -0.4 is 5.32 Å². The SMILES string of the molecule is Cl.O=C(Nc1nc2c(s1)CCCC2)c1ccc(Cl)cc1. The third-order valence-electron chi connectivity index (χ3n) is 3.17. The molecule has 0 radical (unpaired) electrons. The van der Waals surface area contributed by atoms with Gasteiger partial charge in [0.05, 0.1) is 5.69 Å². The predicted molar refractivity (Wildman–Crippen MR) is 85.4 cm³/mol. The molecule has 106 valence electrons. The van der Waals surface area contributed by atoms with E-state index in [4.69, 9.17) is 11.6 Å². The summed E-state index contributed by atoms with van der Waals surface area (Å²) >= 11 is 7.40. The number of fused-ring (bicyclic) bond motifs is 1. The number of benzene rings is 1. The third-order valence-corrected chi connectivity index (χ3v) is 4.50. The highest BCUT2D eigenvalue weighted by atomic mass is 35.5. The Morgan fingerprint density at radius 1 is 1.20 bits per heavy atom. The van der Waals surface area contributed by atoms with Crippen molar-refractivity contribution in [2.75, 3.05) is 5.32 Å². The largest absolute Gasteiger partial charge is 0.298 e. The number of nitrogens with one attached hydrogen (secondary N) is 1. The molecule has 0 bridgehead atoms. The van der Waals surface area contributed by atoms with Gasteiger partial charge >= 0.3 is 0 Å². The first kappa shape index (κ1) is 15.3. The first-order valence-corrected chi connectivity index (χ1v) is 7.47. The van der Waals surface area contributed by atoms with Crippen LogP contribution in [-0.2, 0) is 12.8 Å². The van der Waals surface area contributed by atoms with Crippen molar-refractivity contribution in [3.63, 3.8) is 0 Å². The Kier molecular flexibility index (Phi) is 5.02. The number of anilines is 1. The van der Waals surface area contributed by atoms with E-state index < -0.39 is 0 Å². The lowest BCUT2D eigenvalue weighted by molar-refractivity contribution is 0.102. The number of aromatic nitrogens is 1. The van der Waals surface area contributed by atoms with Crippen molar-refractivity contribution < 1.29 is 4.79 Å². The first-order chi connectivity index (χ1) is 9.22. The fourth-order valence-corrected chi connectivity index (χ4v) is 3.35. The molecular formula is C14H14Cl2N2OS. The molecule has 0 saturated carbocycles. The molecule has 1 aliphatic carbocycles. The number of rotatable bonds is 2. The molecule has 2 aromatic rings. The minimum Gasteiger partial charge on any atom is -0.298 e. The van der Waals surface area contributed by atoms with E-state index in [1.54, 1.807) is 35.6 Å². The van der Waals surface area contributed by atoms with E-state index in [1.807, 2.05) is 0 Å². The number of carbonyl (C=O) groups excluding carboxylic acids is 1. The molecule has 3 rings (SSSR count). The highest BCUT2D eigenvalue weighted by Crippen LogP contribution is 2.29. The molecule has 1 aromatic carbocycles. The van der Waals surface area contributed by atoms with E-state index in [2.05, 4.69) is 10.3 Å². The summed E-state index contributed by atoms with van der Waals surface area (Å²) < 4.78 is 0. The summed E-state index contributed by atoms with van der Waals surface area (Å²) in [5.74, 6) is -0.136. The maximum atomic E-state index is 12.1. The van der Waals surface area contributed by atoms with Gasteiger partial charge in [0.2, 0.25) is 0 Å². The molecular weight excluding hydrogens is 315 g/mol. The fourth-order valence-electron chi connectivity index (χ4n) is 2.18. The van der Waals surface area contributed by atoms with E-state index in [1.165, 1.54) is 17.7 Å². The second-order valence-corrected chi connectivity index (χ2v) is 6.08. The van der Waals surface area contributed by atoms with E-state index in [9.17, 15) is 4.79 Å². The highest BCUT2D eigenvalue weighted by molar-refractivity contribution is 7.15. The quantitative estimate of drug-likeness (QED) is 0.890. The van der Waals surface area contributed by atoms with Gasteiger partial charge in [-0.05, 0) is 49.9 Å². The molecule has 20 heavy (non-hydrogen) atoms. The number of nitrogens with zero attached hydrogens (tertiary/aromatic N) is 1. The minimum absolute atomic E-state index is 0. The average molecular weight is 329 g/mol. The number of aryl methyl sites for hydroxylation is 2. The van der Waals surface area contributed by atoms with Gasteiger partial charge in [-0.2, -0.15) is 0 Å². The Morgan fingerprint density at radius 2 is 1.90 bits per heavy atom. The van der Waals surface area contributed by atoms with Crippen LogP contribution in [0.1, 0.15) is 33.8 Å². The molecule has 1 amide bonds. The van der Waals surface area contributed by atoms with Crippen molar-refractivity contribution in [1.29, 1.82) is 0 Å². The second-order valence-electron chi connectivity index (χ2n) is 4.56. The maximum absolute atomic E-state index is 12.1. The van der Waals surface area contributed by atoms with E-state index in [0.717, 1.165) is 18.5 Å². The summed E-state index contributed by atoms with van der Waals surface area (Å²) in [5.41, 5.74) is 1.75. The topological polar surface area (TPSA) is 42.0 Å². The second kappa shape index (κ2) is 6.57. The van der Waals surface area contributed by atoms with Crippen molar-refractivity contribution in [3.05, 3.63) is 45.4 Å². The minimum atomic E-state index is -0.136. The summed E-state index contributed by atoms with van der Waals surface area (Å²) in [4.78, 5) is 17.9. The van der Waals surface area contributed by atoms with Gasteiger partial charge in [-0.25, -0.2) is 4.98 Å². The molecule has 0 fully saturated rings. The van der Waals surface area contributed by atoms with Crippen LogP contribution in [0, 0.1) is 0 Å². The van der Waals surface area contributed by atoms with Crippen molar-refractivity contribution in [2.24, 2.45) is 0 Å². The number of thiazole rings is 1. The summed E-state index contributed by atoms with van der Waals surface area (Å²) in [6.07, 6.45) is 4.54. The van der Waals surface area contributed by atoms with Crippen LogP contribution in [0.5, 0.6) is 0 Å². The molecule has 0 atom stereocenters. The lowest BCUT2D eigenvalue weighted by Crippen LogP contribution is -2.11. The Bertz CT molecular complexity index is 587. The predicted octanol–water partition coefficient (Wildman–Crippen LogP) is 4.35. The van der Waals surface area contributed by atoms with Gasteiger partial charge < -0.3 is 0 Å². The Labute approximate surface area is 132 Å². The molecule has 0 spiro atoms.